The van der Waals surface area contributed by atoms with Gasteiger partial charge in [0.05, 0.1) is 25.4 Å². The maximum absolute atomic E-state index is 13.2. The number of aromatic nitrogens is 1. The van der Waals surface area contributed by atoms with Crippen molar-refractivity contribution < 1.29 is 23.7 Å². The van der Waals surface area contributed by atoms with Gasteiger partial charge in [-0.2, -0.15) is 0 Å². The molecular formula is C22H18N2O5S. The van der Waals surface area contributed by atoms with Crippen LogP contribution in [0.2, 0.25) is 0 Å². The molecule has 2 aromatic carbocycles. The first-order valence-corrected chi connectivity index (χ1v) is 10.1. The van der Waals surface area contributed by atoms with Crippen LogP contribution in [0.15, 0.2) is 36.4 Å². The zero-order valence-electron chi connectivity index (χ0n) is 16.4. The number of rotatable bonds is 4. The second kappa shape index (κ2) is 7.07. The predicted molar refractivity (Wildman–Crippen MR) is 116 cm³/mol. The summed E-state index contributed by atoms with van der Waals surface area (Å²) in [5.74, 6) is 2.22. The largest absolute Gasteiger partial charge is 0.493 e. The van der Waals surface area contributed by atoms with Crippen LogP contribution >= 0.6 is 11.3 Å². The molecule has 152 valence electrons. The lowest BCUT2D eigenvalue weighted by molar-refractivity contribution is 0.104. The first-order valence-electron chi connectivity index (χ1n) is 9.28. The van der Waals surface area contributed by atoms with Gasteiger partial charge in [0.2, 0.25) is 5.78 Å². The van der Waals surface area contributed by atoms with Crippen LogP contribution in [0.4, 0.5) is 5.69 Å². The highest BCUT2D eigenvalue weighted by molar-refractivity contribution is 7.21. The fourth-order valence-corrected chi connectivity index (χ4v) is 4.56. The van der Waals surface area contributed by atoms with E-state index >= 15 is 0 Å². The van der Waals surface area contributed by atoms with Crippen LogP contribution in [-0.2, 0) is 0 Å². The van der Waals surface area contributed by atoms with E-state index < -0.39 is 0 Å². The van der Waals surface area contributed by atoms with Crippen LogP contribution in [0, 0.1) is 0 Å². The van der Waals surface area contributed by atoms with Gasteiger partial charge in [-0.3, -0.25) is 4.79 Å². The number of nitrogen functional groups attached to an aromatic ring is 1. The van der Waals surface area contributed by atoms with Crippen LogP contribution in [0.1, 0.15) is 15.2 Å². The Labute approximate surface area is 175 Å². The molecule has 1 aliphatic heterocycles. The minimum Gasteiger partial charge on any atom is -0.493 e. The molecule has 0 aliphatic carbocycles. The Balaban J connectivity index is 1.61. The van der Waals surface area contributed by atoms with Crippen molar-refractivity contribution in [2.45, 2.75) is 0 Å². The molecule has 1 aliphatic rings. The third kappa shape index (κ3) is 2.88. The topological polar surface area (TPSA) is 92.9 Å². The summed E-state index contributed by atoms with van der Waals surface area (Å²) in [7, 11) is 3.16. The second-order valence-electron chi connectivity index (χ2n) is 6.77. The Kier molecular flexibility index (Phi) is 4.36. The molecule has 0 spiro atoms. The number of ketones is 1. The van der Waals surface area contributed by atoms with E-state index in [0.29, 0.717) is 57.2 Å². The Morgan fingerprint density at radius 3 is 2.53 bits per heavy atom. The van der Waals surface area contributed by atoms with E-state index in [4.69, 9.17) is 29.7 Å². The quantitative estimate of drug-likeness (QED) is 0.496. The molecule has 2 N–H and O–H groups in total. The Hall–Kier alpha value is -3.52. The number of ether oxygens (including phenoxy) is 4. The minimum absolute atomic E-state index is 0.174. The number of nitrogens with two attached hydrogens (primary N) is 1. The number of anilines is 1. The lowest BCUT2D eigenvalue weighted by atomic mass is 10.1. The predicted octanol–water partition coefficient (Wildman–Crippen LogP) is 4.05. The molecule has 8 heteroatoms. The smallest absolute Gasteiger partial charge is 0.205 e. The van der Waals surface area contributed by atoms with Crippen LogP contribution in [0.3, 0.4) is 0 Å². The van der Waals surface area contributed by atoms with Crippen LogP contribution in [0.25, 0.3) is 21.1 Å². The average Bonchev–Trinajstić information content (AvgIpc) is 3.11. The third-order valence-corrected chi connectivity index (χ3v) is 6.14. The summed E-state index contributed by atoms with van der Waals surface area (Å²) in [6.45, 7) is 0.956. The number of carbonyl (C=O) groups is 1. The minimum atomic E-state index is -0.174. The Bertz CT molecular complexity index is 1310. The summed E-state index contributed by atoms with van der Waals surface area (Å²) < 4.78 is 21.9. The second-order valence-corrected chi connectivity index (χ2v) is 7.77. The van der Waals surface area contributed by atoms with Crippen molar-refractivity contribution in [1.29, 1.82) is 0 Å². The van der Waals surface area contributed by atoms with E-state index in [1.807, 2.05) is 18.2 Å². The molecular weight excluding hydrogens is 404 g/mol. The van der Waals surface area contributed by atoms with Crippen molar-refractivity contribution in [3.63, 3.8) is 0 Å². The van der Waals surface area contributed by atoms with Gasteiger partial charge in [-0.15, -0.1) is 11.3 Å². The maximum Gasteiger partial charge on any atom is 0.205 e. The summed E-state index contributed by atoms with van der Waals surface area (Å²) in [5, 5.41) is 1.59. The van der Waals surface area contributed by atoms with Crippen molar-refractivity contribution in [2.75, 3.05) is 33.2 Å². The van der Waals surface area contributed by atoms with Gasteiger partial charge in [-0.1, -0.05) is 0 Å². The van der Waals surface area contributed by atoms with Gasteiger partial charge >= 0.3 is 0 Å². The first-order chi connectivity index (χ1) is 14.6. The molecule has 2 aromatic heterocycles. The Morgan fingerprint density at radius 1 is 1.03 bits per heavy atom. The standard InChI is InChI=1S/C22H18N2O5S/c1-26-16-9-12-7-13-19(23)21(30-22(13)24-14(12)10-17(16)27-2)20(25)11-3-4-15-18(8-11)29-6-5-28-15/h3-4,7-10H,5-6,23H2,1-2H3. The highest BCUT2D eigenvalue weighted by atomic mass is 32.1. The monoisotopic (exact) mass is 422 g/mol. The van der Waals surface area contributed by atoms with Crippen molar-refractivity contribution in [2.24, 2.45) is 0 Å². The van der Waals surface area contributed by atoms with Crippen molar-refractivity contribution in [3.05, 3.63) is 46.8 Å². The molecule has 0 fully saturated rings. The van der Waals surface area contributed by atoms with Gasteiger partial charge in [0, 0.05) is 22.4 Å². The molecule has 7 nitrogen and oxygen atoms in total. The van der Waals surface area contributed by atoms with Crippen LogP contribution in [-0.4, -0.2) is 38.2 Å². The molecule has 30 heavy (non-hydrogen) atoms. The lowest BCUT2D eigenvalue weighted by Crippen LogP contribution is -2.15. The van der Waals surface area contributed by atoms with Crippen molar-refractivity contribution in [3.8, 4) is 23.0 Å². The molecule has 5 rings (SSSR count). The number of methoxy groups -OCH3 is 2. The first kappa shape index (κ1) is 18.5. The molecule has 0 radical (unpaired) electrons. The molecule has 0 unspecified atom stereocenters. The molecule has 0 atom stereocenters. The van der Waals surface area contributed by atoms with Crippen LogP contribution < -0.4 is 24.7 Å². The number of benzene rings is 2. The summed E-state index contributed by atoms with van der Waals surface area (Å²) >= 11 is 1.27. The Morgan fingerprint density at radius 2 is 1.77 bits per heavy atom. The van der Waals surface area contributed by atoms with Crippen molar-refractivity contribution in [1.82, 2.24) is 4.98 Å². The van der Waals surface area contributed by atoms with E-state index in [9.17, 15) is 4.79 Å². The summed E-state index contributed by atoms with van der Waals surface area (Å²) in [6, 6.07) is 10.7. The fourth-order valence-electron chi connectivity index (χ4n) is 3.51. The lowest BCUT2D eigenvalue weighted by Gasteiger charge is -2.18. The third-order valence-electron chi connectivity index (χ3n) is 5.03. The molecule has 0 saturated carbocycles. The van der Waals surface area contributed by atoms with Crippen molar-refractivity contribution >= 4 is 43.9 Å². The SMILES string of the molecule is COc1cc2cc3c(N)c(C(=O)c4ccc5c(c4)OCCO5)sc3nc2cc1OC. The van der Waals surface area contributed by atoms with Gasteiger partial charge in [-0.25, -0.2) is 4.98 Å². The van der Waals surface area contributed by atoms with Crippen LogP contribution in [0.5, 0.6) is 23.0 Å². The number of hydrogen-bond donors (Lipinski definition) is 1. The van der Waals surface area contributed by atoms with Gasteiger partial charge in [-0.05, 0) is 30.3 Å². The molecule has 0 saturated heterocycles. The normalized spacial score (nSPS) is 12.9. The number of carbonyl (C=O) groups excluding carboxylic acids is 1. The van der Waals surface area contributed by atoms with E-state index in [1.165, 1.54) is 11.3 Å². The van der Waals surface area contributed by atoms with E-state index in [2.05, 4.69) is 0 Å². The number of nitrogens with zero attached hydrogens (tertiary/aromatic N) is 1. The number of fused-ring (bicyclic) bond motifs is 3. The zero-order valence-corrected chi connectivity index (χ0v) is 17.2. The highest BCUT2D eigenvalue weighted by Gasteiger charge is 2.22. The summed E-state index contributed by atoms with van der Waals surface area (Å²) in [4.78, 5) is 19.0. The number of pyridine rings is 1. The number of hydrogen-bond acceptors (Lipinski definition) is 8. The van der Waals surface area contributed by atoms with E-state index in [-0.39, 0.29) is 5.78 Å². The number of thiophene rings is 1. The fraction of sp³-hybridized carbons (Fsp3) is 0.182. The average molecular weight is 422 g/mol. The van der Waals surface area contributed by atoms with E-state index in [0.717, 1.165) is 16.3 Å². The van der Waals surface area contributed by atoms with Gasteiger partial charge in [0.1, 0.15) is 22.9 Å². The maximum atomic E-state index is 13.2. The molecule has 3 heterocycles. The molecule has 0 amide bonds. The molecule has 4 aromatic rings. The van der Waals surface area contributed by atoms with Gasteiger partial charge < -0.3 is 24.7 Å². The summed E-state index contributed by atoms with van der Waals surface area (Å²) in [5.41, 5.74) is 8.01. The molecule has 0 bridgehead atoms. The van der Waals surface area contributed by atoms with E-state index in [1.54, 1.807) is 32.4 Å². The van der Waals surface area contributed by atoms with Gasteiger partial charge in [0.25, 0.3) is 0 Å². The highest BCUT2D eigenvalue weighted by Crippen LogP contribution is 2.39. The summed E-state index contributed by atoms with van der Waals surface area (Å²) in [6.07, 6.45) is 0. The zero-order chi connectivity index (χ0) is 20.8. The van der Waals surface area contributed by atoms with Gasteiger partial charge in [0.15, 0.2) is 23.0 Å².